The molecule has 2 aromatic carbocycles. The first-order valence-electron chi connectivity index (χ1n) is 6.24. The van der Waals surface area contributed by atoms with Crippen molar-refractivity contribution in [3.05, 3.63) is 64.1 Å². The molecule has 0 atom stereocenters. The van der Waals surface area contributed by atoms with Gasteiger partial charge in [0.2, 0.25) is 5.96 Å². The molecular formula is C15H13BrN4O2. The summed E-state index contributed by atoms with van der Waals surface area (Å²) in [6.45, 7) is 0. The number of carbonyl (C=O) groups excluding carboxylic acids is 1. The number of guanidine groups is 1. The number of nitrogens with two attached hydrogens (primary N) is 2. The molecule has 0 bridgehead atoms. The van der Waals surface area contributed by atoms with Crippen LogP contribution in [0.25, 0.3) is 0 Å². The average Bonchev–Trinajstić information content (AvgIpc) is 2.49. The quantitative estimate of drug-likeness (QED) is 0.287. The van der Waals surface area contributed by atoms with E-state index in [9.17, 15) is 4.79 Å². The summed E-state index contributed by atoms with van der Waals surface area (Å²) in [4.78, 5) is 11.9. The summed E-state index contributed by atoms with van der Waals surface area (Å²) in [5.74, 6) is -0.0994. The molecule has 0 spiro atoms. The Bertz CT molecular complexity index is 705. The molecule has 6 nitrogen and oxygen atoms in total. The van der Waals surface area contributed by atoms with Crippen molar-refractivity contribution in [1.29, 1.82) is 0 Å². The number of halogens is 1. The van der Waals surface area contributed by atoms with E-state index in [2.05, 4.69) is 26.1 Å². The zero-order chi connectivity index (χ0) is 15.9. The van der Waals surface area contributed by atoms with E-state index < -0.39 is 5.97 Å². The largest absolute Gasteiger partial charge is 0.423 e. The van der Waals surface area contributed by atoms with Crippen LogP contribution in [0.5, 0.6) is 5.75 Å². The van der Waals surface area contributed by atoms with Gasteiger partial charge in [0.05, 0.1) is 11.8 Å². The predicted octanol–water partition coefficient (Wildman–Crippen LogP) is 2.28. The van der Waals surface area contributed by atoms with Gasteiger partial charge in [-0.15, -0.1) is 5.10 Å². The van der Waals surface area contributed by atoms with Crippen molar-refractivity contribution in [2.24, 2.45) is 21.7 Å². The second-order valence-electron chi connectivity index (χ2n) is 4.23. The fourth-order valence-corrected chi connectivity index (χ4v) is 1.80. The minimum atomic E-state index is -0.422. The summed E-state index contributed by atoms with van der Waals surface area (Å²) in [6, 6.07) is 13.7. The fourth-order valence-electron chi connectivity index (χ4n) is 1.54. The van der Waals surface area contributed by atoms with Crippen LogP contribution in [0, 0.1) is 0 Å². The van der Waals surface area contributed by atoms with Crippen LogP contribution in [0.4, 0.5) is 0 Å². The molecule has 0 amide bonds. The lowest BCUT2D eigenvalue weighted by molar-refractivity contribution is 0.0735. The minimum absolute atomic E-state index is 0.115. The van der Waals surface area contributed by atoms with E-state index in [4.69, 9.17) is 16.2 Å². The van der Waals surface area contributed by atoms with Gasteiger partial charge < -0.3 is 16.2 Å². The van der Waals surface area contributed by atoms with Crippen molar-refractivity contribution in [2.75, 3.05) is 0 Å². The Labute approximate surface area is 135 Å². The Balaban J connectivity index is 2.02. The highest BCUT2D eigenvalue weighted by molar-refractivity contribution is 9.10. The lowest BCUT2D eigenvalue weighted by Gasteiger charge is -2.04. The number of hydrogen-bond acceptors (Lipinski definition) is 4. The number of nitrogens with zero attached hydrogens (tertiary/aromatic N) is 2. The second kappa shape index (κ2) is 7.37. The highest BCUT2D eigenvalue weighted by Crippen LogP contribution is 2.15. The fraction of sp³-hybridized carbons (Fsp3) is 0. The molecule has 0 saturated carbocycles. The molecule has 0 aliphatic rings. The van der Waals surface area contributed by atoms with Crippen LogP contribution in [0.1, 0.15) is 15.9 Å². The van der Waals surface area contributed by atoms with Crippen molar-refractivity contribution < 1.29 is 9.53 Å². The maximum absolute atomic E-state index is 11.9. The van der Waals surface area contributed by atoms with E-state index in [0.29, 0.717) is 11.3 Å². The van der Waals surface area contributed by atoms with E-state index in [0.717, 1.165) is 10.0 Å². The third-order valence-electron chi connectivity index (χ3n) is 2.55. The molecule has 0 radical (unpaired) electrons. The van der Waals surface area contributed by atoms with Gasteiger partial charge in [-0.2, -0.15) is 5.10 Å². The van der Waals surface area contributed by atoms with Gasteiger partial charge >= 0.3 is 5.97 Å². The van der Waals surface area contributed by atoms with Gasteiger partial charge in [-0.05, 0) is 54.1 Å². The molecule has 0 unspecified atom stereocenters. The van der Waals surface area contributed by atoms with E-state index in [1.165, 1.54) is 6.21 Å². The van der Waals surface area contributed by atoms with Crippen LogP contribution >= 0.6 is 15.9 Å². The molecule has 4 N–H and O–H groups in total. The summed E-state index contributed by atoms with van der Waals surface area (Å²) in [7, 11) is 0. The molecule has 0 saturated heterocycles. The van der Waals surface area contributed by atoms with Crippen LogP contribution in [0.3, 0.4) is 0 Å². The summed E-state index contributed by atoms with van der Waals surface area (Å²) >= 11 is 3.31. The molecule has 0 fully saturated rings. The van der Waals surface area contributed by atoms with Crippen LogP contribution in [0.15, 0.2) is 63.2 Å². The first-order valence-corrected chi connectivity index (χ1v) is 7.03. The van der Waals surface area contributed by atoms with Gasteiger partial charge in [0.25, 0.3) is 0 Å². The number of ether oxygens (including phenoxy) is 1. The Morgan fingerprint density at radius 3 is 2.27 bits per heavy atom. The normalized spacial score (nSPS) is 10.4. The second-order valence-corrected chi connectivity index (χ2v) is 5.15. The maximum atomic E-state index is 11.9. The van der Waals surface area contributed by atoms with Gasteiger partial charge in [0, 0.05) is 4.47 Å². The van der Waals surface area contributed by atoms with Crippen molar-refractivity contribution in [2.45, 2.75) is 0 Å². The van der Waals surface area contributed by atoms with Crippen LogP contribution in [0.2, 0.25) is 0 Å². The third kappa shape index (κ3) is 4.71. The lowest BCUT2D eigenvalue weighted by Crippen LogP contribution is -2.21. The Kier molecular flexibility index (Phi) is 5.26. The topological polar surface area (TPSA) is 103 Å². The van der Waals surface area contributed by atoms with E-state index in [1.807, 2.05) is 0 Å². The molecule has 0 aliphatic carbocycles. The van der Waals surface area contributed by atoms with Gasteiger partial charge in [0.1, 0.15) is 5.75 Å². The molecule has 2 rings (SSSR count). The maximum Gasteiger partial charge on any atom is 0.343 e. The average molecular weight is 361 g/mol. The van der Waals surface area contributed by atoms with Gasteiger partial charge in [-0.3, -0.25) is 0 Å². The summed E-state index contributed by atoms with van der Waals surface area (Å²) in [6.07, 6.45) is 1.49. The van der Waals surface area contributed by atoms with Crippen molar-refractivity contribution in [1.82, 2.24) is 0 Å². The molecular weight excluding hydrogens is 348 g/mol. The highest BCUT2D eigenvalue weighted by Gasteiger charge is 2.07. The lowest BCUT2D eigenvalue weighted by atomic mass is 10.2. The van der Waals surface area contributed by atoms with E-state index in [-0.39, 0.29) is 5.96 Å². The Hall–Kier alpha value is -2.67. The first kappa shape index (κ1) is 15.7. The molecule has 2 aromatic rings. The standard InChI is InChI=1S/C15H13BrN4O2/c16-12-5-3-11(4-6-12)14(21)22-13-7-1-10(2-8-13)9-19-20-15(17)18/h1-9H,(H4,17,18,20). The highest BCUT2D eigenvalue weighted by atomic mass is 79.9. The van der Waals surface area contributed by atoms with Crippen molar-refractivity contribution in [3.8, 4) is 5.75 Å². The number of rotatable bonds is 4. The minimum Gasteiger partial charge on any atom is -0.423 e. The zero-order valence-corrected chi connectivity index (χ0v) is 13.0. The van der Waals surface area contributed by atoms with Gasteiger partial charge in [0.15, 0.2) is 0 Å². The molecule has 0 aliphatic heterocycles. The number of benzene rings is 2. The smallest absolute Gasteiger partial charge is 0.343 e. The number of hydrogen-bond donors (Lipinski definition) is 2. The zero-order valence-electron chi connectivity index (χ0n) is 11.4. The molecule has 22 heavy (non-hydrogen) atoms. The molecule has 0 heterocycles. The molecule has 7 heteroatoms. The van der Waals surface area contributed by atoms with E-state index >= 15 is 0 Å². The first-order chi connectivity index (χ1) is 10.5. The van der Waals surface area contributed by atoms with Crippen LogP contribution < -0.4 is 16.2 Å². The van der Waals surface area contributed by atoms with Crippen LogP contribution in [-0.2, 0) is 0 Å². The predicted molar refractivity (Wildman–Crippen MR) is 88.9 cm³/mol. The monoisotopic (exact) mass is 360 g/mol. The summed E-state index contributed by atoms with van der Waals surface area (Å²) < 4.78 is 6.17. The molecule has 112 valence electrons. The van der Waals surface area contributed by atoms with Gasteiger partial charge in [-0.1, -0.05) is 15.9 Å². The van der Waals surface area contributed by atoms with E-state index in [1.54, 1.807) is 48.5 Å². The summed E-state index contributed by atoms with van der Waals surface area (Å²) in [5, 5.41) is 7.18. The van der Waals surface area contributed by atoms with Crippen molar-refractivity contribution in [3.63, 3.8) is 0 Å². The van der Waals surface area contributed by atoms with Gasteiger partial charge in [-0.25, -0.2) is 4.79 Å². The summed E-state index contributed by atoms with van der Waals surface area (Å²) in [5.41, 5.74) is 11.6. The van der Waals surface area contributed by atoms with Crippen molar-refractivity contribution >= 4 is 34.1 Å². The Morgan fingerprint density at radius 2 is 1.68 bits per heavy atom. The van der Waals surface area contributed by atoms with Crippen LogP contribution in [-0.4, -0.2) is 18.1 Å². The third-order valence-corrected chi connectivity index (χ3v) is 3.08. The SMILES string of the molecule is NC(N)=NN=Cc1ccc(OC(=O)c2ccc(Br)cc2)cc1. The molecule has 0 aromatic heterocycles. The Morgan fingerprint density at radius 1 is 1.05 bits per heavy atom. The number of esters is 1. The number of carbonyl (C=O) groups is 1.